The molecule has 26 heavy (non-hydrogen) atoms. The quantitative estimate of drug-likeness (QED) is 0.765. The highest BCUT2D eigenvalue weighted by Gasteiger charge is 2.41. The molecular weight excluding hydrogens is 336 g/mol. The average Bonchev–Trinajstić information content (AvgIpc) is 2.60. The SMILES string of the molecule is Cc1cc(=O)oc(C)c1C(=O)OC(C)C(=O)N(C)C1(C#N)CCCCC1. The predicted molar refractivity (Wildman–Crippen MR) is 93.5 cm³/mol. The summed E-state index contributed by atoms with van der Waals surface area (Å²) in [5, 5.41) is 9.61. The van der Waals surface area contributed by atoms with Crippen molar-refractivity contribution in [1.82, 2.24) is 4.90 Å². The number of aryl methyl sites for hydroxylation is 2. The van der Waals surface area contributed by atoms with Crippen LogP contribution in [0.2, 0.25) is 0 Å². The summed E-state index contributed by atoms with van der Waals surface area (Å²) in [6, 6.07) is 3.48. The van der Waals surface area contributed by atoms with Gasteiger partial charge in [-0.15, -0.1) is 0 Å². The van der Waals surface area contributed by atoms with Gasteiger partial charge in [0.25, 0.3) is 5.91 Å². The van der Waals surface area contributed by atoms with E-state index in [0.717, 1.165) is 19.3 Å². The molecule has 0 aliphatic heterocycles. The second-order valence-corrected chi connectivity index (χ2v) is 6.83. The Hall–Kier alpha value is -2.62. The van der Waals surface area contributed by atoms with Gasteiger partial charge in [0.05, 0.1) is 6.07 Å². The van der Waals surface area contributed by atoms with E-state index in [0.29, 0.717) is 18.4 Å². The van der Waals surface area contributed by atoms with E-state index in [9.17, 15) is 19.6 Å². The number of nitriles is 1. The molecule has 0 N–H and O–H groups in total. The second kappa shape index (κ2) is 7.73. The fourth-order valence-electron chi connectivity index (χ4n) is 3.48. The standard InChI is InChI=1S/C19H24N2O5/c1-12-10-15(22)25-13(2)16(12)18(24)26-14(3)17(23)21(4)19(11-20)8-6-5-7-9-19/h10,14H,5-9H2,1-4H3. The Labute approximate surface area is 152 Å². The Morgan fingerprint density at radius 2 is 1.92 bits per heavy atom. The smallest absolute Gasteiger partial charge is 0.342 e. The second-order valence-electron chi connectivity index (χ2n) is 6.83. The van der Waals surface area contributed by atoms with Crippen molar-refractivity contribution >= 4 is 11.9 Å². The van der Waals surface area contributed by atoms with Crippen LogP contribution in [0.1, 0.15) is 60.7 Å². The van der Waals surface area contributed by atoms with Crippen LogP contribution >= 0.6 is 0 Å². The molecule has 1 unspecified atom stereocenters. The van der Waals surface area contributed by atoms with E-state index in [1.54, 1.807) is 14.0 Å². The van der Waals surface area contributed by atoms with Gasteiger partial charge in [0, 0.05) is 13.1 Å². The summed E-state index contributed by atoms with van der Waals surface area (Å²) in [5.41, 5.74) is -0.827. The van der Waals surface area contributed by atoms with Crippen LogP contribution in [0.15, 0.2) is 15.3 Å². The maximum atomic E-state index is 12.7. The summed E-state index contributed by atoms with van der Waals surface area (Å²) in [4.78, 5) is 37.9. The van der Waals surface area contributed by atoms with E-state index in [2.05, 4.69) is 6.07 Å². The van der Waals surface area contributed by atoms with Gasteiger partial charge in [-0.25, -0.2) is 9.59 Å². The zero-order valence-electron chi connectivity index (χ0n) is 15.6. The van der Waals surface area contributed by atoms with Crippen molar-refractivity contribution in [2.75, 3.05) is 7.05 Å². The molecule has 1 aromatic rings. The zero-order chi connectivity index (χ0) is 19.5. The van der Waals surface area contributed by atoms with Gasteiger partial charge in [-0.05, 0) is 39.2 Å². The number of esters is 1. The summed E-state index contributed by atoms with van der Waals surface area (Å²) in [6.45, 7) is 4.58. The Kier molecular flexibility index (Phi) is 5.86. The van der Waals surface area contributed by atoms with Crippen molar-refractivity contribution in [2.45, 2.75) is 64.5 Å². The largest absolute Gasteiger partial charge is 0.449 e. The van der Waals surface area contributed by atoms with E-state index in [1.807, 2.05) is 0 Å². The number of hydrogen-bond donors (Lipinski definition) is 0. The maximum Gasteiger partial charge on any atom is 0.342 e. The summed E-state index contributed by atoms with van der Waals surface area (Å²) in [7, 11) is 1.58. The van der Waals surface area contributed by atoms with Crippen LogP contribution in [0.5, 0.6) is 0 Å². The topological polar surface area (TPSA) is 101 Å². The lowest BCUT2D eigenvalue weighted by atomic mass is 9.81. The molecule has 0 saturated heterocycles. The van der Waals surface area contributed by atoms with E-state index in [1.165, 1.54) is 24.8 Å². The molecule has 7 heteroatoms. The van der Waals surface area contributed by atoms with E-state index < -0.39 is 29.1 Å². The van der Waals surface area contributed by atoms with Gasteiger partial charge in [0.15, 0.2) is 6.10 Å². The first-order chi connectivity index (χ1) is 12.2. The number of amides is 1. The first-order valence-corrected chi connectivity index (χ1v) is 8.73. The van der Waals surface area contributed by atoms with Crippen molar-refractivity contribution in [3.05, 3.63) is 33.4 Å². The number of rotatable bonds is 4. The highest BCUT2D eigenvalue weighted by molar-refractivity contribution is 5.94. The number of likely N-dealkylation sites (N-methyl/N-ethyl adjacent to an activating group) is 1. The van der Waals surface area contributed by atoms with Crippen LogP contribution in [0, 0.1) is 25.2 Å². The third-order valence-electron chi connectivity index (χ3n) is 5.03. The third-order valence-corrected chi connectivity index (χ3v) is 5.03. The van der Waals surface area contributed by atoms with Crippen molar-refractivity contribution in [3.63, 3.8) is 0 Å². The van der Waals surface area contributed by atoms with Crippen molar-refractivity contribution in [3.8, 4) is 6.07 Å². The van der Waals surface area contributed by atoms with E-state index in [-0.39, 0.29) is 11.3 Å². The molecule has 140 valence electrons. The number of ether oxygens (including phenoxy) is 1. The summed E-state index contributed by atoms with van der Waals surface area (Å²) >= 11 is 0. The Morgan fingerprint density at radius 3 is 2.46 bits per heavy atom. The average molecular weight is 360 g/mol. The molecule has 1 aliphatic rings. The van der Waals surface area contributed by atoms with Gasteiger partial charge in [-0.2, -0.15) is 5.26 Å². The molecule has 1 aromatic heterocycles. The molecular formula is C19H24N2O5. The Morgan fingerprint density at radius 1 is 1.31 bits per heavy atom. The molecule has 2 rings (SSSR count). The molecule has 1 saturated carbocycles. The van der Waals surface area contributed by atoms with Gasteiger partial charge >= 0.3 is 11.6 Å². The lowest BCUT2D eigenvalue weighted by Crippen LogP contribution is -2.53. The lowest BCUT2D eigenvalue weighted by Gasteiger charge is -2.39. The first-order valence-electron chi connectivity index (χ1n) is 8.73. The minimum Gasteiger partial charge on any atom is -0.449 e. The highest BCUT2D eigenvalue weighted by Crippen LogP contribution is 2.33. The van der Waals surface area contributed by atoms with Crippen LogP contribution in [0.4, 0.5) is 0 Å². The Bertz CT molecular complexity index is 773. The van der Waals surface area contributed by atoms with E-state index >= 15 is 0 Å². The molecule has 1 heterocycles. The molecule has 0 aromatic carbocycles. The van der Waals surface area contributed by atoms with Gasteiger partial charge < -0.3 is 14.1 Å². The number of carbonyl (C=O) groups excluding carboxylic acids is 2. The molecule has 0 radical (unpaired) electrons. The Balaban J connectivity index is 2.15. The molecule has 1 fully saturated rings. The fourth-order valence-corrected chi connectivity index (χ4v) is 3.48. The van der Waals surface area contributed by atoms with Crippen molar-refractivity contribution in [2.24, 2.45) is 0 Å². The molecule has 0 bridgehead atoms. The van der Waals surface area contributed by atoms with Crippen LogP contribution in [-0.4, -0.2) is 35.5 Å². The van der Waals surface area contributed by atoms with Gasteiger partial charge in [-0.1, -0.05) is 19.3 Å². The number of hydrogen-bond acceptors (Lipinski definition) is 6. The molecule has 7 nitrogen and oxygen atoms in total. The summed E-state index contributed by atoms with van der Waals surface area (Å²) in [5.74, 6) is -1.00. The van der Waals surface area contributed by atoms with Crippen LogP contribution in [-0.2, 0) is 9.53 Å². The van der Waals surface area contributed by atoms with Crippen LogP contribution in [0.25, 0.3) is 0 Å². The predicted octanol–water partition coefficient (Wildman–Crippen LogP) is 2.49. The molecule has 1 amide bonds. The molecule has 1 atom stereocenters. The van der Waals surface area contributed by atoms with Crippen molar-refractivity contribution in [1.29, 1.82) is 5.26 Å². The third kappa shape index (κ3) is 3.79. The zero-order valence-corrected chi connectivity index (χ0v) is 15.6. The number of nitrogens with zero attached hydrogens (tertiary/aromatic N) is 2. The normalized spacial score (nSPS) is 17.0. The lowest BCUT2D eigenvalue weighted by molar-refractivity contribution is -0.143. The van der Waals surface area contributed by atoms with E-state index in [4.69, 9.17) is 9.15 Å². The first kappa shape index (κ1) is 19.7. The van der Waals surface area contributed by atoms with Gasteiger partial charge in [0.1, 0.15) is 16.9 Å². The molecule has 1 aliphatic carbocycles. The van der Waals surface area contributed by atoms with Crippen LogP contribution in [0.3, 0.4) is 0 Å². The summed E-state index contributed by atoms with van der Waals surface area (Å²) < 4.78 is 10.2. The molecule has 0 spiro atoms. The monoisotopic (exact) mass is 360 g/mol. The summed E-state index contributed by atoms with van der Waals surface area (Å²) in [6.07, 6.45) is 3.02. The minimum absolute atomic E-state index is 0.138. The minimum atomic E-state index is -1.05. The van der Waals surface area contributed by atoms with Crippen LogP contribution < -0.4 is 5.63 Å². The fraction of sp³-hybridized carbons (Fsp3) is 0.579. The number of carbonyl (C=O) groups is 2. The van der Waals surface area contributed by atoms with Gasteiger partial charge in [-0.3, -0.25) is 4.79 Å². The highest BCUT2D eigenvalue weighted by atomic mass is 16.5. The maximum absolute atomic E-state index is 12.7. The van der Waals surface area contributed by atoms with Crippen molar-refractivity contribution < 1.29 is 18.7 Å². The van der Waals surface area contributed by atoms with Gasteiger partial charge in [0.2, 0.25) is 0 Å².